The Morgan fingerprint density at radius 1 is 1.05 bits per heavy atom. The molecule has 0 atom stereocenters. The molecule has 0 unspecified atom stereocenters. The highest BCUT2D eigenvalue weighted by molar-refractivity contribution is 6.30. The summed E-state index contributed by atoms with van der Waals surface area (Å²) in [5, 5.41) is 1.93. The zero-order valence-electron chi connectivity index (χ0n) is 10.7. The molecular formula is C16H15ClN2. The lowest BCUT2D eigenvalue weighted by Gasteiger charge is -2.08. The molecule has 96 valence electrons. The quantitative estimate of drug-likeness (QED) is 0.680. The number of nitrogens with two attached hydrogens (primary N) is 1. The monoisotopic (exact) mass is 270 g/mol. The van der Waals surface area contributed by atoms with Crippen molar-refractivity contribution >= 4 is 28.2 Å². The molecule has 0 aliphatic rings. The normalized spacial score (nSPS) is 11.1. The van der Waals surface area contributed by atoms with E-state index in [2.05, 4.69) is 23.6 Å². The molecule has 2 N–H and O–H groups in total. The van der Waals surface area contributed by atoms with Crippen LogP contribution in [0.1, 0.15) is 6.92 Å². The summed E-state index contributed by atoms with van der Waals surface area (Å²) in [5.74, 6) is 0. The molecule has 0 spiro atoms. The largest absolute Gasteiger partial charge is 0.399 e. The van der Waals surface area contributed by atoms with Crippen molar-refractivity contribution in [3.8, 4) is 11.3 Å². The SMILES string of the molecule is CCn1c(-c2ccc(Cl)cc2)cc2cc(N)ccc21. The second-order valence-corrected chi connectivity index (χ2v) is 5.04. The van der Waals surface area contributed by atoms with Gasteiger partial charge >= 0.3 is 0 Å². The molecule has 3 rings (SSSR count). The minimum absolute atomic E-state index is 0.757. The van der Waals surface area contributed by atoms with Crippen LogP contribution < -0.4 is 5.73 Å². The fourth-order valence-corrected chi connectivity index (χ4v) is 2.62. The maximum atomic E-state index is 5.95. The third-order valence-electron chi connectivity index (χ3n) is 3.38. The topological polar surface area (TPSA) is 30.9 Å². The van der Waals surface area contributed by atoms with Gasteiger partial charge in [-0.25, -0.2) is 0 Å². The number of hydrogen-bond acceptors (Lipinski definition) is 1. The third-order valence-corrected chi connectivity index (χ3v) is 3.63. The third kappa shape index (κ3) is 2.08. The summed E-state index contributed by atoms with van der Waals surface area (Å²) < 4.78 is 2.29. The van der Waals surface area contributed by atoms with Crippen molar-refractivity contribution in [3.05, 3.63) is 53.6 Å². The minimum Gasteiger partial charge on any atom is -0.399 e. The number of nitrogen functional groups attached to an aromatic ring is 1. The van der Waals surface area contributed by atoms with Crippen molar-refractivity contribution in [1.29, 1.82) is 0 Å². The van der Waals surface area contributed by atoms with Gasteiger partial charge in [0, 0.05) is 33.9 Å². The van der Waals surface area contributed by atoms with Crippen LogP contribution in [0.3, 0.4) is 0 Å². The summed E-state index contributed by atoms with van der Waals surface area (Å²) in [5.41, 5.74) is 10.2. The summed E-state index contributed by atoms with van der Waals surface area (Å²) in [6, 6.07) is 16.1. The number of aromatic nitrogens is 1. The fourth-order valence-electron chi connectivity index (χ4n) is 2.49. The van der Waals surface area contributed by atoms with Crippen LogP contribution in [0.5, 0.6) is 0 Å². The van der Waals surface area contributed by atoms with Gasteiger partial charge in [0.1, 0.15) is 0 Å². The van der Waals surface area contributed by atoms with E-state index in [1.807, 2.05) is 36.4 Å². The molecule has 2 nitrogen and oxygen atoms in total. The average molecular weight is 271 g/mol. The molecule has 2 aromatic carbocycles. The second-order valence-electron chi connectivity index (χ2n) is 4.60. The van der Waals surface area contributed by atoms with E-state index in [0.29, 0.717) is 0 Å². The first-order valence-electron chi connectivity index (χ1n) is 6.33. The van der Waals surface area contributed by atoms with Crippen LogP contribution in [0.2, 0.25) is 5.02 Å². The van der Waals surface area contributed by atoms with Crippen LogP contribution in [-0.4, -0.2) is 4.57 Å². The molecule has 3 aromatic rings. The average Bonchev–Trinajstić information content (AvgIpc) is 2.77. The molecule has 19 heavy (non-hydrogen) atoms. The standard InChI is InChI=1S/C16H15ClN2/c1-2-19-15-8-7-14(18)9-12(15)10-16(19)11-3-5-13(17)6-4-11/h3-10H,2,18H2,1H3. The number of anilines is 1. The highest BCUT2D eigenvalue weighted by Crippen LogP contribution is 2.30. The Morgan fingerprint density at radius 2 is 1.79 bits per heavy atom. The number of nitrogens with zero attached hydrogens (tertiary/aromatic N) is 1. The predicted molar refractivity (Wildman–Crippen MR) is 82.5 cm³/mol. The van der Waals surface area contributed by atoms with E-state index in [1.165, 1.54) is 22.2 Å². The molecule has 0 saturated heterocycles. The van der Waals surface area contributed by atoms with E-state index in [0.717, 1.165) is 17.3 Å². The Balaban J connectivity index is 2.25. The van der Waals surface area contributed by atoms with E-state index >= 15 is 0 Å². The fraction of sp³-hybridized carbons (Fsp3) is 0.125. The number of aryl methyl sites for hydroxylation is 1. The number of fused-ring (bicyclic) bond motifs is 1. The lowest BCUT2D eigenvalue weighted by molar-refractivity contribution is 0.805. The van der Waals surface area contributed by atoms with Crippen molar-refractivity contribution in [3.63, 3.8) is 0 Å². The smallest absolute Gasteiger partial charge is 0.0491 e. The molecule has 0 aliphatic heterocycles. The van der Waals surface area contributed by atoms with Crippen LogP contribution in [0.4, 0.5) is 5.69 Å². The molecule has 0 radical (unpaired) electrons. The zero-order chi connectivity index (χ0) is 13.4. The first-order valence-corrected chi connectivity index (χ1v) is 6.71. The van der Waals surface area contributed by atoms with Crippen molar-refractivity contribution in [2.75, 3.05) is 5.73 Å². The van der Waals surface area contributed by atoms with Crippen molar-refractivity contribution in [1.82, 2.24) is 4.57 Å². The molecular weight excluding hydrogens is 256 g/mol. The molecule has 0 fully saturated rings. The van der Waals surface area contributed by atoms with Crippen molar-refractivity contribution in [2.45, 2.75) is 13.5 Å². The molecule has 0 amide bonds. The van der Waals surface area contributed by atoms with Gasteiger partial charge in [0.25, 0.3) is 0 Å². The van der Waals surface area contributed by atoms with Crippen LogP contribution in [0.15, 0.2) is 48.5 Å². The first-order chi connectivity index (χ1) is 9.19. The zero-order valence-corrected chi connectivity index (χ0v) is 11.5. The van der Waals surface area contributed by atoms with Crippen LogP contribution >= 0.6 is 11.6 Å². The van der Waals surface area contributed by atoms with Crippen molar-refractivity contribution < 1.29 is 0 Å². The van der Waals surface area contributed by atoms with Crippen LogP contribution in [0.25, 0.3) is 22.2 Å². The van der Waals surface area contributed by atoms with Gasteiger partial charge in [0.15, 0.2) is 0 Å². The number of hydrogen-bond donors (Lipinski definition) is 1. The number of halogens is 1. The minimum atomic E-state index is 0.757. The summed E-state index contributed by atoms with van der Waals surface area (Å²) in [7, 11) is 0. The van der Waals surface area contributed by atoms with E-state index in [4.69, 9.17) is 17.3 Å². The van der Waals surface area contributed by atoms with Crippen LogP contribution in [-0.2, 0) is 6.54 Å². The van der Waals surface area contributed by atoms with E-state index < -0.39 is 0 Å². The van der Waals surface area contributed by atoms with Gasteiger partial charge in [0.05, 0.1) is 0 Å². The maximum absolute atomic E-state index is 5.95. The van der Waals surface area contributed by atoms with Gasteiger partial charge in [-0.3, -0.25) is 0 Å². The van der Waals surface area contributed by atoms with Crippen molar-refractivity contribution in [2.24, 2.45) is 0 Å². The molecule has 0 aliphatic carbocycles. The second kappa shape index (κ2) is 4.63. The molecule has 0 bridgehead atoms. The predicted octanol–water partition coefficient (Wildman–Crippen LogP) is 4.56. The Bertz CT molecular complexity index is 726. The first kappa shape index (κ1) is 12.1. The van der Waals surface area contributed by atoms with Gasteiger partial charge in [-0.2, -0.15) is 0 Å². The highest BCUT2D eigenvalue weighted by Gasteiger charge is 2.09. The lowest BCUT2D eigenvalue weighted by atomic mass is 10.1. The number of rotatable bonds is 2. The Kier molecular flexibility index (Phi) is 2.96. The Labute approximate surface area is 117 Å². The lowest BCUT2D eigenvalue weighted by Crippen LogP contribution is -1.96. The van der Waals surface area contributed by atoms with Gasteiger partial charge in [-0.1, -0.05) is 23.7 Å². The molecule has 1 aromatic heterocycles. The molecule has 1 heterocycles. The van der Waals surface area contributed by atoms with E-state index in [-0.39, 0.29) is 0 Å². The summed E-state index contributed by atoms with van der Waals surface area (Å²) >= 11 is 5.95. The molecule has 3 heteroatoms. The summed E-state index contributed by atoms with van der Waals surface area (Å²) in [6.07, 6.45) is 0. The van der Waals surface area contributed by atoms with Gasteiger partial charge in [0.2, 0.25) is 0 Å². The van der Waals surface area contributed by atoms with Gasteiger partial charge < -0.3 is 10.3 Å². The van der Waals surface area contributed by atoms with Crippen LogP contribution in [0, 0.1) is 0 Å². The highest BCUT2D eigenvalue weighted by atomic mass is 35.5. The summed E-state index contributed by atoms with van der Waals surface area (Å²) in [6.45, 7) is 3.07. The Morgan fingerprint density at radius 3 is 2.47 bits per heavy atom. The summed E-state index contributed by atoms with van der Waals surface area (Å²) in [4.78, 5) is 0. The maximum Gasteiger partial charge on any atom is 0.0491 e. The van der Waals surface area contributed by atoms with E-state index in [9.17, 15) is 0 Å². The van der Waals surface area contributed by atoms with Gasteiger partial charge in [-0.05, 0) is 48.9 Å². The van der Waals surface area contributed by atoms with Gasteiger partial charge in [-0.15, -0.1) is 0 Å². The molecule has 0 saturated carbocycles. The number of benzene rings is 2. The Hall–Kier alpha value is -1.93. The van der Waals surface area contributed by atoms with E-state index in [1.54, 1.807) is 0 Å².